The van der Waals surface area contributed by atoms with E-state index in [2.05, 4.69) is 44.2 Å². The maximum absolute atomic E-state index is 2.46. The lowest BCUT2D eigenvalue weighted by Gasteiger charge is -2.36. The topological polar surface area (TPSA) is 0 Å². The highest BCUT2D eigenvalue weighted by Gasteiger charge is 2.36. The third-order valence-corrected chi connectivity index (χ3v) is 4.03. The van der Waals surface area contributed by atoms with Crippen LogP contribution in [-0.2, 0) is 0 Å². The highest BCUT2D eigenvalue weighted by Crippen LogP contribution is 2.51. The van der Waals surface area contributed by atoms with E-state index in [1.165, 1.54) is 18.4 Å². The molecule has 0 radical (unpaired) electrons. The van der Waals surface area contributed by atoms with Crippen LogP contribution in [0.4, 0.5) is 0 Å². The smallest absolute Gasteiger partial charge is 0.0145 e. The van der Waals surface area contributed by atoms with Crippen molar-refractivity contribution in [1.82, 2.24) is 0 Å². The summed E-state index contributed by atoms with van der Waals surface area (Å²) in [5.41, 5.74) is 4.74. The summed E-state index contributed by atoms with van der Waals surface area (Å²) in [5.74, 6) is 2.43. The molecule has 78 valence electrons. The molecule has 0 amide bonds. The quantitative estimate of drug-likeness (QED) is 0.633. The molecule has 1 aromatic carbocycles. The normalized spacial score (nSPS) is 27.8. The van der Waals surface area contributed by atoms with Crippen molar-refractivity contribution in [3.63, 3.8) is 0 Å². The standard InChI is InChI=1S/C15H18/c1-10(2)15-9-11-5-3-4-6-14(11)12-7-13(15)8-12/h3-6,9-10,12-13H,7-8H2,1-2H3. The average Bonchev–Trinajstić information content (AvgIpc) is 2.40. The van der Waals surface area contributed by atoms with Crippen molar-refractivity contribution in [1.29, 1.82) is 0 Å². The molecule has 15 heavy (non-hydrogen) atoms. The van der Waals surface area contributed by atoms with Crippen molar-refractivity contribution < 1.29 is 0 Å². The molecule has 0 heteroatoms. The fourth-order valence-electron chi connectivity index (χ4n) is 3.09. The fraction of sp³-hybridized carbons (Fsp3) is 0.467. The van der Waals surface area contributed by atoms with E-state index in [9.17, 15) is 0 Å². The maximum atomic E-state index is 2.46. The van der Waals surface area contributed by atoms with Gasteiger partial charge < -0.3 is 0 Å². The summed E-state index contributed by atoms with van der Waals surface area (Å²) >= 11 is 0. The molecular weight excluding hydrogens is 180 g/mol. The van der Waals surface area contributed by atoms with Crippen LogP contribution >= 0.6 is 0 Å². The highest BCUT2D eigenvalue weighted by atomic mass is 14.4. The molecular formula is C15H18. The van der Waals surface area contributed by atoms with Gasteiger partial charge in [-0.25, -0.2) is 0 Å². The first-order valence-corrected chi connectivity index (χ1v) is 6.06. The molecule has 0 spiro atoms. The van der Waals surface area contributed by atoms with E-state index in [4.69, 9.17) is 0 Å². The molecule has 1 fully saturated rings. The van der Waals surface area contributed by atoms with Gasteiger partial charge in [-0.05, 0) is 41.7 Å². The van der Waals surface area contributed by atoms with Gasteiger partial charge in [0.1, 0.15) is 0 Å². The number of rotatable bonds is 1. The van der Waals surface area contributed by atoms with E-state index in [1.54, 1.807) is 11.1 Å². The van der Waals surface area contributed by atoms with Crippen molar-refractivity contribution >= 4 is 6.08 Å². The molecule has 0 aromatic heterocycles. The van der Waals surface area contributed by atoms with Gasteiger partial charge in [-0.3, -0.25) is 0 Å². The van der Waals surface area contributed by atoms with Crippen LogP contribution in [0.1, 0.15) is 43.7 Å². The van der Waals surface area contributed by atoms with Crippen LogP contribution in [0.3, 0.4) is 0 Å². The molecule has 2 bridgehead atoms. The number of hydrogen-bond donors (Lipinski definition) is 0. The van der Waals surface area contributed by atoms with Gasteiger partial charge in [0.15, 0.2) is 0 Å². The molecule has 0 saturated heterocycles. The monoisotopic (exact) mass is 198 g/mol. The molecule has 0 nitrogen and oxygen atoms in total. The van der Waals surface area contributed by atoms with E-state index >= 15 is 0 Å². The second-order valence-electron chi connectivity index (χ2n) is 5.29. The second kappa shape index (κ2) is 3.23. The minimum absolute atomic E-state index is 0.710. The molecule has 0 unspecified atom stereocenters. The zero-order valence-electron chi connectivity index (χ0n) is 9.53. The third kappa shape index (κ3) is 1.35. The van der Waals surface area contributed by atoms with Crippen molar-refractivity contribution in [2.24, 2.45) is 11.8 Å². The summed E-state index contributed by atoms with van der Waals surface area (Å²) in [4.78, 5) is 0. The van der Waals surface area contributed by atoms with Crippen molar-refractivity contribution in [2.45, 2.75) is 32.6 Å². The first-order valence-electron chi connectivity index (χ1n) is 6.06. The Morgan fingerprint density at radius 3 is 2.53 bits per heavy atom. The predicted octanol–water partition coefficient (Wildman–Crippen LogP) is 4.23. The Bertz CT molecular complexity index is 406. The molecule has 0 heterocycles. The minimum Gasteiger partial charge on any atom is -0.0639 e. The largest absolute Gasteiger partial charge is 0.0639 e. The number of allylic oxidation sites excluding steroid dienone is 1. The summed E-state index contributed by atoms with van der Waals surface area (Å²) in [6.07, 6.45) is 5.24. The summed E-state index contributed by atoms with van der Waals surface area (Å²) in [6, 6.07) is 8.94. The SMILES string of the molecule is CC(C)C1=Cc2ccccc2C2CC1C2. The van der Waals surface area contributed by atoms with Crippen LogP contribution in [0.2, 0.25) is 0 Å². The molecule has 0 atom stereocenters. The van der Waals surface area contributed by atoms with Crippen molar-refractivity contribution in [3.8, 4) is 0 Å². The van der Waals surface area contributed by atoms with Gasteiger partial charge in [0.25, 0.3) is 0 Å². The Kier molecular flexibility index (Phi) is 1.98. The Hall–Kier alpha value is -1.04. The minimum atomic E-state index is 0.710. The number of hydrogen-bond acceptors (Lipinski definition) is 0. The lowest BCUT2D eigenvalue weighted by molar-refractivity contribution is 0.296. The summed E-state index contributed by atoms with van der Waals surface area (Å²) in [7, 11) is 0. The maximum Gasteiger partial charge on any atom is -0.0145 e. The second-order valence-corrected chi connectivity index (χ2v) is 5.29. The molecule has 0 N–H and O–H groups in total. The van der Waals surface area contributed by atoms with Crippen molar-refractivity contribution in [2.75, 3.05) is 0 Å². The summed E-state index contributed by atoms with van der Waals surface area (Å²) < 4.78 is 0. The lowest BCUT2D eigenvalue weighted by Crippen LogP contribution is -2.23. The molecule has 0 aliphatic heterocycles. The Labute approximate surface area is 92.0 Å². The van der Waals surface area contributed by atoms with E-state index < -0.39 is 0 Å². The lowest BCUT2D eigenvalue weighted by atomic mass is 9.68. The van der Waals surface area contributed by atoms with Gasteiger partial charge >= 0.3 is 0 Å². The van der Waals surface area contributed by atoms with E-state index in [1.807, 2.05) is 0 Å². The van der Waals surface area contributed by atoms with Gasteiger partial charge in [0.05, 0.1) is 0 Å². The first kappa shape index (κ1) is 9.21. The van der Waals surface area contributed by atoms with Gasteiger partial charge in [-0.15, -0.1) is 0 Å². The zero-order valence-corrected chi connectivity index (χ0v) is 9.53. The van der Waals surface area contributed by atoms with E-state index in [-0.39, 0.29) is 0 Å². The van der Waals surface area contributed by atoms with Gasteiger partial charge in [-0.2, -0.15) is 0 Å². The summed E-state index contributed by atoms with van der Waals surface area (Å²) in [5, 5.41) is 0. The van der Waals surface area contributed by atoms with E-state index in [0.29, 0.717) is 5.92 Å². The Morgan fingerprint density at radius 1 is 1.07 bits per heavy atom. The van der Waals surface area contributed by atoms with Crippen LogP contribution in [0.25, 0.3) is 6.08 Å². The molecule has 1 aromatic rings. The Balaban J connectivity index is 2.12. The van der Waals surface area contributed by atoms with Crippen LogP contribution in [0, 0.1) is 11.8 Å². The molecule has 1 saturated carbocycles. The first-order chi connectivity index (χ1) is 7.25. The summed E-state index contributed by atoms with van der Waals surface area (Å²) in [6.45, 7) is 4.65. The van der Waals surface area contributed by atoms with Crippen molar-refractivity contribution in [3.05, 3.63) is 41.0 Å². The van der Waals surface area contributed by atoms with Gasteiger partial charge in [0, 0.05) is 0 Å². The van der Waals surface area contributed by atoms with Gasteiger partial charge in [0.2, 0.25) is 0 Å². The third-order valence-electron chi connectivity index (χ3n) is 4.03. The molecule has 3 aliphatic rings. The van der Waals surface area contributed by atoms with Crippen LogP contribution < -0.4 is 0 Å². The molecule has 4 rings (SSSR count). The predicted molar refractivity (Wildman–Crippen MR) is 64.7 cm³/mol. The molecule has 3 aliphatic carbocycles. The Morgan fingerprint density at radius 2 is 1.80 bits per heavy atom. The van der Waals surface area contributed by atoms with Crippen LogP contribution in [0.5, 0.6) is 0 Å². The van der Waals surface area contributed by atoms with E-state index in [0.717, 1.165) is 11.8 Å². The fourth-order valence-corrected chi connectivity index (χ4v) is 3.09. The van der Waals surface area contributed by atoms with Crippen LogP contribution in [-0.4, -0.2) is 0 Å². The average molecular weight is 198 g/mol. The van der Waals surface area contributed by atoms with Crippen LogP contribution in [0.15, 0.2) is 29.8 Å². The number of benzene rings is 1. The zero-order chi connectivity index (χ0) is 10.4. The van der Waals surface area contributed by atoms with Gasteiger partial charge in [-0.1, -0.05) is 49.8 Å². The highest BCUT2D eigenvalue weighted by molar-refractivity contribution is 5.61.